The fourth-order valence-corrected chi connectivity index (χ4v) is 2.83. The first-order valence-electron chi connectivity index (χ1n) is 5.32. The minimum Gasteiger partial charge on any atom is -0.254 e. The Balaban J connectivity index is 2.22. The van der Waals surface area contributed by atoms with Gasteiger partial charge in [0.1, 0.15) is 0 Å². The quantitative estimate of drug-likeness (QED) is 0.860. The van der Waals surface area contributed by atoms with Gasteiger partial charge < -0.3 is 0 Å². The van der Waals surface area contributed by atoms with Crippen LogP contribution in [-0.2, 0) is 16.6 Å². The van der Waals surface area contributed by atoms with E-state index in [9.17, 15) is 4.21 Å². The molecule has 0 radical (unpaired) electrons. The highest BCUT2D eigenvalue weighted by molar-refractivity contribution is 7.84. The Kier molecular flexibility index (Phi) is 4.14. The fraction of sp³-hybridized carbons (Fsp3) is 0.0714. The first-order valence-corrected chi connectivity index (χ1v) is 7.02. The van der Waals surface area contributed by atoms with E-state index in [1.807, 2.05) is 12.1 Å². The number of hydrogen-bond donors (Lipinski definition) is 0. The predicted molar refractivity (Wildman–Crippen MR) is 72.7 cm³/mol. The summed E-state index contributed by atoms with van der Waals surface area (Å²) in [4.78, 5) is 0.715. The standard InChI is InChI=1S/C14H10ClNOS/c15-13-5-7-14(8-6-13)18(17)10-12-4-2-1-3-11(12)9-16/h1-8H,10H2. The van der Waals surface area contributed by atoms with E-state index in [1.54, 1.807) is 36.4 Å². The van der Waals surface area contributed by atoms with Crippen molar-refractivity contribution >= 4 is 22.4 Å². The van der Waals surface area contributed by atoms with Gasteiger partial charge in [-0.1, -0.05) is 29.8 Å². The molecule has 0 fully saturated rings. The van der Waals surface area contributed by atoms with Crippen LogP contribution in [0, 0.1) is 11.3 Å². The summed E-state index contributed by atoms with van der Waals surface area (Å²) >= 11 is 5.78. The van der Waals surface area contributed by atoms with Gasteiger partial charge in [0.15, 0.2) is 0 Å². The highest BCUT2D eigenvalue weighted by Crippen LogP contribution is 2.17. The second-order valence-electron chi connectivity index (χ2n) is 3.71. The third-order valence-electron chi connectivity index (χ3n) is 2.50. The molecule has 0 heterocycles. The zero-order valence-electron chi connectivity index (χ0n) is 9.47. The van der Waals surface area contributed by atoms with Crippen LogP contribution in [0.3, 0.4) is 0 Å². The minimum absolute atomic E-state index is 0.339. The Morgan fingerprint density at radius 2 is 1.78 bits per heavy atom. The van der Waals surface area contributed by atoms with Crippen molar-refractivity contribution in [1.29, 1.82) is 5.26 Å². The van der Waals surface area contributed by atoms with E-state index in [1.165, 1.54) is 0 Å². The number of halogens is 1. The van der Waals surface area contributed by atoms with E-state index in [2.05, 4.69) is 6.07 Å². The average molecular weight is 276 g/mol. The maximum Gasteiger partial charge on any atom is 0.0994 e. The van der Waals surface area contributed by atoms with Crippen LogP contribution in [0.4, 0.5) is 0 Å². The van der Waals surface area contributed by atoms with Gasteiger partial charge in [-0.05, 0) is 35.9 Å². The normalized spacial score (nSPS) is 11.8. The van der Waals surface area contributed by atoms with Gasteiger partial charge in [-0.3, -0.25) is 4.21 Å². The monoisotopic (exact) mass is 275 g/mol. The molecule has 0 aliphatic carbocycles. The van der Waals surface area contributed by atoms with Crippen molar-refractivity contribution < 1.29 is 4.21 Å². The Morgan fingerprint density at radius 1 is 1.11 bits per heavy atom. The SMILES string of the molecule is N#Cc1ccccc1CS(=O)c1ccc(Cl)cc1. The first kappa shape index (κ1) is 12.8. The lowest BCUT2D eigenvalue weighted by molar-refractivity contribution is 0.682. The molecular formula is C14H10ClNOS. The molecule has 0 aliphatic rings. The summed E-state index contributed by atoms with van der Waals surface area (Å²) in [6.45, 7) is 0. The molecule has 2 rings (SSSR count). The Bertz CT molecular complexity index is 616. The van der Waals surface area contributed by atoms with Crippen LogP contribution in [0.25, 0.3) is 0 Å². The zero-order valence-corrected chi connectivity index (χ0v) is 11.0. The summed E-state index contributed by atoms with van der Waals surface area (Å²) < 4.78 is 12.2. The van der Waals surface area contributed by atoms with E-state index in [4.69, 9.17) is 16.9 Å². The fourth-order valence-electron chi connectivity index (χ4n) is 1.57. The van der Waals surface area contributed by atoms with Gasteiger partial charge in [-0.15, -0.1) is 0 Å². The molecule has 2 aromatic rings. The molecule has 1 atom stereocenters. The molecule has 0 saturated carbocycles. The van der Waals surface area contributed by atoms with Crippen LogP contribution in [0.2, 0.25) is 5.02 Å². The van der Waals surface area contributed by atoms with Gasteiger partial charge >= 0.3 is 0 Å². The largest absolute Gasteiger partial charge is 0.254 e. The van der Waals surface area contributed by atoms with Crippen LogP contribution in [0.5, 0.6) is 0 Å². The van der Waals surface area contributed by atoms with Crippen LogP contribution in [0.1, 0.15) is 11.1 Å². The minimum atomic E-state index is -1.16. The van der Waals surface area contributed by atoms with Gasteiger partial charge in [0.25, 0.3) is 0 Å². The highest BCUT2D eigenvalue weighted by Gasteiger charge is 2.08. The predicted octanol–water partition coefficient (Wildman–Crippen LogP) is 3.52. The molecular weight excluding hydrogens is 266 g/mol. The summed E-state index contributed by atoms with van der Waals surface area (Å²) in [5, 5.41) is 9.59. The molecule has 4 heteroatoms. The number of hydrogen-bond acceptors (Lipinski definition) is 2. The van der Waals surface area contributed by atoms with Crippen molar-refractivity contribution in [2.45, 2.75) is 10.6 Å². The summed E-state index contributed by atoms with van der Waals surface area (Å²) in [6, 6.07) is 16.2. The maximum atomic E-state index is 12.2. The molecule has 2 aromatic carbocycles. The summed E-state index contributed by atoms with van der Waals surface area (Å²) in [6.07, 6.45) is 0. The van der Waals surface area contributed by atoms with Crippen LogP contribution in [0.15, 0.2) is 53.4 Å². The van der Waals surface area contributed by atoms with Crippen molar-refractivity contribution in [2.24, 2.45) is 0 Å². The van der Waals surface area contributed by atoms with E-state index in [-0.39, 0.29) is 0 Å². The van der Waals surface area contributed by atoms with Crippen molar-refractivity contribution in [3.05, 3.63) is 64.7 Å². The van der Waals surface area contributed by atoms with E-state index < -0.39 is 10.8 Å². The third kappa shape index (κ3) is 2.98. The smallest absolute Gasteiger partial charge is 0.0994 e. The van der Waals surface area contributed by atoms with E-state index in [0.29, 0.717) is 21.2 Å². The number of nitrogens with zero attached hydrogens (tertiary/aromatic N) is 1. The molecule has 18 heavy (non-hydrogen) atoms. The van der Waals surface area contributed by atoms with E-state index >= 15 is 0 Å². The third-order valence-corrected chi connectivity index (χ3v) is 4.12. The Labute approximate surface area is 113 Å². The number of rotatable bonds is 3. The van der Waals surface area contributed by atoms with Crippen LogP contribution >= 0.6 is 11.6 Å². The second kappa shape index (κ2) is 5.81. The molecule has 0 amide bonds. The van der Waals surface area contributed by atoms with Crippen molar-refractivity contribution in [2.75, 3.05) is 0 Å². The number of nitriles is 1. The summed E-state index contributed by atoms with van der Waals surface area (Å²) in [5.41, 5.74) is 1.37. The molecule has 0 aliphatic heterocycles. The highest BCUT2D eigenvalue weighted by atomic mass is 35.5. The molecule has 0 spiro atoms. The van der Waals surface area contributed by atoms with Crippen molar-refractivity contribution in [3.63, 3.8) is 0 Å². The lowest BCUT2D eigenvalue weighted by Gasteiger charge is -2.04. The summed E-state index contributed by atoms with van der Waals surface area (Å²) in [5.74, 6) is 0.339. The lowest BCUT2D eigenvalue weighted by Crippen LogP contribution is -1.98. The average Bonchev–Trinajstić information content (AvgIpc) is 2.40. The second-order valence-corrected chi connectivity index (χ2v) is 5.60. The van der Waals surface area contributed by atoms with Gasteiger partial charge in [-0.25, -0.2) is 0 Å². The van der Waals surface area contributed by atoms with Crippen LogP contribution in [-0.4, -0.2) is 4.21 Å². The number of benzene rings is 2. The maximum absolute atomic E-state index is 12.2. The zero-order chi connectivity index (χ0) is 13.0. The molecule has 0 bridgehead atoms. The topological polar surface area (TPSA) is 40.9 Å². The molecule has 0 aromatic heterocycles. The van der Waals surface area contributed by atoms with Gasteiger partial charge in [0.2, 0.25) is 0 Å². The van der Waals surface area contributed by atoms with Crippen molar-refractivity contribution in [1.82, 2.24) is 0 Å². The Hall–Kier alpha value is -1.63. The van der Waals surface area contributed by atoms with Gasteiger partial charge in [0.05, 0.1) is 28.2 Å². The first-order chi connectivity index (χ1) is 8.70. The van der Waals surface area contributed by atoms with Crippen LogP contribution < -0.4 is 0 Å². The molecule has 90 valence electrons. The van der Waals surface area contributed by atoms with E-state index in [0.717, 1.165) is 5.56 Å². The van der Waals surface area contributed by atoms with Gasteiger partial charge in [0, 0.05) is 9.92 Å². The van der Waals surface area contributed by atoms with Crippen molar-refractivity contribution in [3.8, 4) is 6.07 Å². The summed E-state index contributed by atoms with van der Waals surface area (Å²) in [7, 11) is -1.16. The van der Waals surface area contributed by atoms with Gasteiger partial charge in [-0.2, -0.15) is 5.26 Å². The molecule has 0 saturated heterocycles. The molecule has 1 unspecified atom stereocenters. The molecule has 2 nitrogen and oxygen atoms in total. The molecule has 0 N–H and O–H groups in total. The Morgan fingerprint density at radius 3 is 2.44 bits per heavy atom. The lowest BCUT2D eigenvalue weighted by atomic mass is 10.1.